The number of pyridine rings is 1. The van der Waals surface area contributed by atoms with Gasteiger partial charge in [-0.1, -0.05) is 6.07 Å². The predicted octanol–water partition coefficient (Wildman–Crippen LogP) is 2.89. The maximum absolute atomic E-state index is 12.6. The van der Waals surface area contributed by atoms with Crippen LogP contribution in [0.25, 0.3) is 0 Å². The van der Waals surface area contributed by atoms with Gasteiger partial charge in [-0.2, -0.15) is 13.2 Å². The number of carboxylic acids is 1. The first-order valence-corrected chi connectivity index (χ1v) is 9.91. The molecule has 0 aliphatic carbocycles. The maximum Gasteiger partial charge on any atom is 0.490 e. The van der Waals surface area contributed by atoms with E-state index in [1.165, 1.54) is 6.39 Å². The highest BCUT2D eigenvalue weighted by Gasteiger charge is 2.45. The van der Waals surface area contributed by atoms with Gasteiger partial charge in [-0.25, -0.2) is 14.8 Å². The summed E-state index contributed by atoms with van der Waals surface area (Å²) in [6.07, 6.45) is 0.661. The lowest BCUT2D eigenvalue weighted by atomic mass is 9.89. The van der Waals surface area contributed by atoms with Gasteiger partial charge >= 0.3 is 12.1 Å². The minimum absolute atomic E-state index is 0.102. The summed E-state index contributed by atoms with van der Waals surface area (Å²) in [4.78, 5) is 31.7. The second-order valence-electron chi connectivity index (χ2n) is 7.63. The van der Waals surface area contributed by atoms with E-state index >= 15 is 0 Å². The summed E-state index contributed by atoms with van der Waals surface area (Å²) in [5.74, 6) is -1.65. The number of carboxylic acid groups (broad SMARTS) is 1. The van der Waals surface area contributed by atoms with E-state index in [1.807, 2.05) is 23.1 Å². The SMILES string of the molecule is Cc1ncoc1C(=O)N1CC[C@@]2(C[C@H](Nc3ccccn3)CCO2)C1.O=C(O)C(F)(F)F. The number of nitrogens with zero attached hydrogens (tertiary/aromatic N) is 3. The van der Waals surface area contributed by atoms with Gasteiger partial charge in [0.25, 0.3) is 5.91 Å². The van der Waals surface area contributed by atoms with Gasteiger partial charge in [0.1, 0.15) is 5.82 Å². The molecule has 0 aromatic carbocycles. The third-order valence-corrected chi connectivity index (χ3v) is 5.30. The number of hydrogen-bond acceptors (Lipinski definition) is 7. The number of carbonyl (C=O) groups is 2. The number of ether oxygens (including phenoxy) is 1. The number of anilines is 1. The zero-order chi connectivity index (χ0) is 23.4. The summed E-state index contributed by atoms with van der Waals surface area (Å²) in [6, 6.07) is 6.15. The van der Waals surface area contributed by atoms with Gasteiger partial charge in [-0.15, -0.1) is 0 Å². The van der Waals surface area contributed by atoms with Crippen molar-refractivity contribution >= 4 is 17.7 Å². The van der Waals surface area contributed by atoms with Crippen LogP contribution in [0.2, 0.25) is 0 Å². The molecule has 1 amide bonds. The first-order chi connectivity index (χ1) is 15.1. The van der Waals surface area contributed by atoms with E-state index in [2.05, 4.69) is 15.3 Å². The molecule has 2 aromatic heterocycles. The minimum Gasteiger partial charge on any atom is -0.475 e. The number of alkyl halides is 3. The van der Waals surface area contributed by atoms with E-state index in [4.69, 9.17) is 19.1 Å². The molecular formula is C20H23F3N4O5. The lowest BCUT2D eigenvalue weighted by Crippen LogP contribution is -2.47. The van der Waals surface area contributed by atoms with Gasteiger partial charge in [0, 0.05) is 25.4 Å². The molecule has 9 nitrogen and oxygen atoms in total. The van der Waals surface area contributed by atoms with Gasteiger partial charge in [0.2, 0.25) is 5.76 Å². The van der Waals surface area contributed by atoms with Gasteiger partial charge in [0.05, 0.1) is 17.8 Å². The topological polar surface area (TPSA) is 118 Å². The third kappa shape index (κ3) is 5.75. The van der Waals surface area contributed by atoms with Crippen molar-refractivity contribution in [2.24, 2.45) is 0 Å². The van der Waals surface area contributed by atoms with Crippen molar-refractivity contribution in [1.29, 1.82) is 0 Å². The molecule has 4 heterocycles. The van der Waals surface area contributed by atoms with Crippen LogP contribution in [0.3, 0.4) is 0 Å². The second kappa shape index (κ2) is 9.55. The molecule has 4 rings (SSSR count). The molecular weight excluding hydrogens is 433 g/mol. The van der Waals surface area contributed by atoms with Crippen molar-refractivity contribution < 1.29 is 37.0 Å². The van der Waals surface area contributed by atoms with Gasteiger partial charge < -0.3 is 24.5 Å². The normalized spacial score (nSPS) is 22.9. The van der Waals surface area contributed by atoms with Crippen LogP contribution in [0.5, 0.6) is 0 Å². The molecule has 0 radical (unpaired) electrons. The van der Waals surface area contributed by atoms with Crippen molar-refractivity contribution in [3.63, 3.8) is 0 Å². The molecule has 2 aliphatic rings. The molecule has 174 valence electrons. The summed E-state index contributed by atoms with van der Waals surface area (Å²) in [6.45, 7) is 3.74. The summed E-state index contributed by atoms with van der Waals surface area (Å²) in [5.41, 5.74) is 0.346. The van der Waals surface area contributed by atoms with Gasteiger partial charge in [-0.3, -0.25) is 4.79 Å². The number of aromatic nitrogens is 2. The Labute approximate surface area is 181 Å². The molecule has 1 spiro atoms. The van der Waals surface area contributed by atoms with Crippen LogP contribution in [0.4, 0.5) is 19.0 Å². The van der Waals surface area contributed by atoms with Crippen LogP contribution in [-0.2, 0) is 9.53 Å². The monoisotopic (exact) mass is 456 g/mol. The Bertz CT molecular complexity index is 937. The van der Waals surface area contributed by atoms with E-state index in [0.717, 1.165) is 25.1 Å². The first-order valence-electron chi connectivity index (χ1n) is 9.91. The Morgan fingerprint density at radius 3 is 2.66 bits per heavy atom. The van der Waals surface area contributed by atoms with Crippen molar-refractivity contribution in [2.45, 2.75) is 44.0 Å². The third-order valence-electron chi connectivity index (χ3n) is 5.30. The fraction of sp³-hybridized carbons (Fsp3) is 0.500. The molecule has 2 aliphatic heterocycles. The smallest absolute Gasteiger partial charge is 0.475 e. The average Bonchev–Trinajstić information content (AvgIpc) is 3.35. The number of likely N-dealkylation sites (tertiary alicyclic amines) is 1. The Hall–Kier alpha value is -3.15. The molecule has 12 heteroatoms. The summed E-state index contributed by atoms with van der Waals surface area (Å²) in [5, 5.41) is 10.6. The minimum atomic E-state index is -5.08. The van der Waals surface area contributed by atoms with Crippen molar-refractivity contribution in [3.05, 3.63) is 42.2 Å². The van der Waals surface area contributed by atoms with Crippen LogP contribution < -0.4 is 5.32 Å². The van der Waals surface area contributed by atoms with Crippen LogP contribution in [0, 0.1) is 6.92 Å². The van der Waals surface area contributed by atoms with E-state index in [1.54, 1.807) is 13.1 Å². The molecule has 2 N–H and O–H groups in total. The Morgan fingerprint density at radius 2 is 2.06 bits per heavy atom. The Balaban J connectivity index is 0.000000360. The van der Waals surface area contributed by atoms with E-state index < -0.39 is 12.1 Å². The molecule has 0 saturated carbocycles. The maximum atomic E-state index is 12.6. The lowest BCUT2D eigenvalue weighted by Gasteiger charge is -2.38. The number of halogens is 3. The zero-order valence-corrected chi connectivity index (χ0v) is 17.3. The van der Waals surface area contributed by atoms with Crippen molar-refractivity contribution in [3.8, 4) is 0 Å². The number of aryl methyl sites for hydroxylation is 1. The molecule has 0 unspecified atom stereocenters. The number of amides is 1. The Morgan fingerprint density at radius 1 is 1.31 bits per heavy atom. The van der Waals surface area contributed by atoms with E-state index in [-0.39, 0.29) is 11.5 Å². The first kappa shape index (κ1) is 23.5. The largest absolute Gasteiger partial charge is 0.490 e. The summed E-state index contributed by atoms with van der Waals surface area (Å²) < 4.78 is 43.1. The van der Waals surface area contributed by atoms with Crippen molar-refractivity contribution in [2.75, 3.05) is 25.0 Å². The van der Waals surface area contributed by atoms with E-state index in [9.17, 15) is 18.0 Å². The number of hydrogen-bond donors (Lipinski definition) is 2. The quantitative estimate of drug-likeness (QED) is 0.724. The average molecular weight is 456 g/mol. The van der Waals surface area contributed by atoms with E-state index in [0.29, 0.717) is 37.2 Å². The highest BCUT2D eigenvalue weighted by molar-refractivity contribution is 5.92. The fourth-order valence-corrected chi connectivity index (χ4v) is 3.76. The summed E-state index contributed by atoms with van der Waals surface area (Å²) >= 11 is 0. The zero-order valence-electron chi connectivity index (χ0n) is 17.3. The highest BCUT2D eigenvalue weighted by Crippen LogP contribution is 2.35. The number of nitrogens with one attached hydrogen (secondary N) is 1. The van der Waals surface area contributed by atoms with Gasteiger partial charge in [0.15, 0.2) is 6.39 Å². The number of rotatable bonds is 3. The number of oxazole rings is 1. The predicted molar refractivity (Wildman–Crippen MR) is 105 cm³/mol. The molecule has 32 heavy (non-hydrogen) atoms. The second-order valence-corrected chi connectivity index (χ2v) is 7.63. The highest BCUT2D eigenvalue weighted by atomic mass is 19.4. The van der Waals surface area contributed by atoms with Gasteiger partial charge in [-0.05, 0) is 38.3 Å². The molecule has 0 bridgehead atoms. The molecule has 2 fully saturated rings. The molecule has 2 saturated heterocycles. The van der Waals surface area contributed by atoms with Crippen molar-refractivity contribution in [1.82, 2.24) is 14.9 Å². The number of aliphatic carboxylic acids is 1. The molecule has 2 aromatic rings. The molecule has 2 atom stereocenters. The summed E-state index contributed by atoms with van der Waals surface area (Å²) in [7, 11) is 0. The van der Waals surface area contributed by atoms with Crippen LogP contribution in [-0.4, -0.2) is 69.4 Å². The fourth-order valence-electron chi connectivity index (χ4n) is 3.76. The Kier molecular flexibility index (Phi) is 7.02. The number of carbonyl (C=O) groups excluding carboxylic acids is 1. The van der Waals surface area contributed by atoms with Crippen LogP contribution in [0.1, 0.15) is 35.5 Å². The van der Waals surface area contributed by atoms with Crippen LogP contribution >= 0.6 is 0 Å². The lowest BCUT2D eigenvalue weighted by molar-refractivity contribution is -0.192. The standard InChI is InChI=1S/C18H22N4O3.C2HF3O2/c1-13-16(24-12-20-13)17(23)22-8-6-18(11-22)10-14(5-9-25-18)21-15-4-2-3-7-19-15;3-2(4,5)1(6)7/h2-4,7,12,14H,5-6,8-11H2,1H3,(H,19,21);(H,6,7)/t14-,18-;/m1./s1. The van der Waals surface area contributed by atoms with Crippen LogP contribution in [0.15, 0.2) is 35.2 Å².